The van der Waals surface area contributed by atoms with Gasteiger partial charge in [-0.05, 0) is 19.4 Å². The van der Waals surface area contributed by atoms with Crippen LogP contribution in [-0.4, -0.2) is 46.6 Å². The van der Waals surface area contributed by atoms with Gasteiger partial charge in [-0.2, -0.15) is 0 Å². The molecule has 0 bridgehead atoms. The number of nitro groups is 1. The average molecular weight is 322 g/mol. The second kappa shape index (κ2) is 5.78. The maximum absolute atomic E-state index is 12.1. The van der Waals surface area contributed by atoms with E-state index < -0.39 is 35.1 Å². The van der Waals surface area contributed by atoms with Gasteiger partial charge in [0.1, 0.15) is 12.7 Å². The van der Waals surface area contributed by atoms with Crippen LogP contribution in [0.25, 0.3) is 0 Å². The third-order valence-corrected chi connectivity index (χ3v) is 3.87. The number of carbonyl (C=O) groups is 1. The van der Waals surface area contributed by atoms with Crippen LogP contribution in [0.2, 0.25) is 0 Å². The number of benzene rings is 1. The van der Waals surface area contributed by atoms with Crippen molar-refractivity contribution in [2.24, 2.45) is 0 Å². The van der Waals surface area contributed by atoms with Crippen molar-refractivity contribution in [3.63, 3.8) is 0 Å². The van der Waals surface area contributed by atoms with Crippen LogP contribution in [0.4, 0.5) is 4.79 Å². The van der Waals surface area contributed by atoms with Crippen LogP contribution in [0, 0.1) is 10.1 Å². The second-order valence-electron chi connectivity index (χ2n) is 6.00. The molecule has 8 heteroatoms. The minimum absolute atomic E-state index is 0.0703. The maximum Gasteiger partial charge on any atom is 0.416 e. The van der Waals surface area contributed by atoms with Crippen LogP contribution in [0.5, 0.6) is 0 Å². The van der Waals surface area contributed by atoms with Crippen LogP contribution in [0.3, 0.4) is 0 Å². The molecule has 0 aliphatic carbocycles. The average Bonchev–Trinajstić information content (AvgIpc) is 3.17. The Hall–Kier alpha value is -2.19. The molecule has 0 saturated carbocycles. The molecule has 0 radical (unpaired) electrons. The molecule has 2 aliphatic heterocycles. The number of rotatable bonds is 4. The Morgan fingerprint density at radius 3 is 2.70 bits per heavy atom. The van der Waals surface area contributed by atoms with Gasteiger partial charge in [-0.3, -0.25) is 10.1 Å². The van der Waals surface area contributed by atoms with Crippen molar-refractivity contribution in [3.8, 4) is 0 Å². The zero-order valence-electron chi connectivity index (χ0n) is 12.9. The number of hydrogen-bond donors (Lipinski definition) is 0. The van der Waals surface area contributed by atoms with E-state index in [1.54, 1.807) is 13.8 Å². The normalized spacial score (nSPS) is 28.4. The van der Waals surface area contributed by atoms with Gasteiger partial charge in [0.05, 0.1) is 6.61 Å². The highest BCUT2D eigenvalue weighted by atomic mass is 16.7. The molecule has 2 saturated heterocycles. The van der Waals surface area contributed by atoms with Crippen LogP contribution < -0.4 is 0 Å². The van der Waals surface area contributed by atoms with Crippen LogP contribution >= 0.6 is 0 Å². The smallest absolute Gasteiger partial charge is 0.416 e. The fourth-order valence-corrected chi connectivity index (χ4v) is 2.74. The SMILES string of the molecule is CC1(C)OC[C@H]([C@H]2[C@H]([N+](=O)[O-])N2C(=O)OCc2ccccc2)O1. The van der Waals surface area contributed by atoms with Gasteiger partial charge in [-0.15, -0.1) is 0 Å². The molecule has 0 spiro atoms. The Labute approximate surface area is 133 Å². The number of nitrogens with zero attached hydrogens (tertiary/aromatic N) is 2. The van der Waals surface area contributed by atoms with Crippen molar-refractivity contribution in [3.05, 3.63) is 46.0 Å². The summed E-state index contributed by atoms with van der Waals surface area (Å²) in [5, 5.41) is 11.1. The minimum Gasteiger partial charge on any atom is -0.444 e. The summed E-state index contributed by atoms with van der Waals surface area (Å²) in [7, 11) is 0. The van der Waals surface area contributed by atoms with Crippen molar-refractivity contribution in [1.29, 1.82) is 0 Å². The predicted molar refractivity (Wildman–Crippen MR) is 77.9 cm³/mol. The molecule has 1 amide bonds. The van der Waals surface area contributed by atoms with Crippen LogP contribution in [0.1, 0.15) is 19.4 Å². The largest absolute Gasteiger partial charge is 0.444 e. The Morgan fingerprint density at radius 1 is 1.43 bits per heavy atom. The first-order chi connectivity index (χ1) is 10.9. The molecule has 0 aromatic heterocycles. The molecule has 23 heavy (non-hydrogen) atoms. The van der Waals surface area contributed by atoms with Crippen molar-refractivity contribution in [2.75, 3.05) is 6.61 Å². The lowest BCUT2D eigenvalue weighted by molar-refractivity contribution is -0.505. The summed E-state index contributed by atoms with van der Waals surface area (Å²) in [6, 6.07) is 8.48. The molecular formula is C15H18N2O6. The molecule has 8 nitrogen and oxygen atoms in total. The fourth-order valence-electron chi connectivity index (χ4n) is 2.74. The Bertz CT molecular complexity index is 605. The van der Waals surface area contributed by atoms with Gasteiger partial charge in [0.25, 0.3) is 0 Å². The Morgan fingerprint density at radius 2 is 2.13 bits per heavy atom. The highest BCUT2D eigenvalue weighted by Crippen LogP contribution is 2.38. The quantitative estimate of drug-likeness (QED) is 0.476. The first-order valence-corrected chi connectivity index (χ1v) is 7.33. The molecule has 2 heterocycles. The van der Waals surface area contributed by atoms with E-state index in [0.717, 1.165) is 10.5 Å². The minimum atomic E-state index is -1.12. The van der Waals surface area contributed by atoms with Crippen molar-refractivity contribution in [2.45, 2.75) is 44.6 Å². The molecular weight excluding hydrogens is 304 g/mol. The lowest BCUT2D eigenvalue weighted by Crippen LogP contribution is -2.28. The molecule has 3 rings (SSSR count). The zero-order chi connectivity index (χ0) is 16.6. The van der Waals surface area contributed by atoms with Gasteiger partial charge in [-0.25, -0.2) is 9.69 Å². The maximum atomic E-state index is 12.1. The second-order valence-corrected chi connectivity index (χ2v) is 6.00. The summed E-state index contributed by atoms with van der Waals surface area (Å²) >= 11 is 0. The van der Waals surface area contributed by atoms with Gasteiger partial charge < -0.3 is 14.2 Å². The van der Waals surface area contributed by atoms with E-state index in [9.17, 15) is 14.9 Å². The first kappa shape index (κ1) is 15.7. The van der Waals surface area contributed by atoms with Crippen molar-refractivity contribution in [1.82, 2.24) is 4.90 Å². The summed E-state index contributed by atoms with van der Waals surface area (Å²) < 4.78 is 16.2. The lowest BCUT2D eigenvalue weighted by Gasteiger charge is -2.16. The van der Waals surface area contributed by atoms with Crippen molar-refractivity contribution < 1.29 is 23.9 Å². The van der Waals surface area contributed by atoms with Crippen LogP contribution in [-0.2, 0) is 20.8 Å². The number of ether oxygens (including phenoxy) is 3. The molecule has 1 aromatic rings. The summed E-state index contributed by atoms with van der Waals surface area (Å²) in [5.41, 5.74) is 0.818. The van der Waals surface area contributed by atoms with E-state index >= 15 is 0 Å². The number of amides is 1. The highest BCUT2D eigenvalue weighted by molar-refractivity contribution is 5.71. The van der Waals surface area contributed by atoms with Gasteiger partial charge in [-0.1, -0.05) is 30.3 Å². The zero-order valence-corrected chi connectivity index (χ0v) is 12.9. The molecule has 1 aromatic carbocycles. The van der Waals surface area contributed by atoms with E-state index in [-0.39, 0.29) is 13.2 Å². The summed E-state index contributed by atoms with van der Waals surface area (Å²) in [5.74, 6) is -0.798. The van der Waals surface area contributed by atoms with E-state index in [0.29, 0.717) is 0 Å². The van der Waals surface area contributed by atoms with Gasteiger partial charge in [0.15, 0.2) is 11.8 Å². The van der Waals surface area contributed by atoms with Gasteiger partial charge in [0.2, 0.25) is 0 Å². The predicted octanol–water partition coefficient (Wildman–Crippen LogP) is 1.76. The molecule has 2 aliphatic rings. The summed E-state index contributed by atoms with van der Waals surface area (Å²) in [6.07, 6.45) is -2.36. The molecule has 3 atom stereocenters. The molecule has 0 N–H and O–H groups in total. The van der Waals surface area contributed by atoms with E-state index in [1.165, 1.54) is 0 Å². The van der Waals surface area contributed by atoms with Crippen LogP contribution in [0.15, 0.2) is 30.3 Å². The monoisotopic (exact) mass is 322 g/mol. The third kappa shape index (κ3) is 3.27. The summed E-state index contributed by atoms with van der Waals surface area (Å²) in [6.45, 7) is 3.74. The molecule has 124 valence electrons. The topological polar surface area (TPSA) is 90.9 Å². The van der Waals surface area contributed by atoms with E-state index in [4.69, 9.17) is 14.2 Å². The number of hydrogen-bond acceptors (Lipinski definition) is 6. The van der Waals surface area contributed by atoms with Crippen molar-refractivity contribution >= 4 is 6.09 Å². The molecule has 0 unspecified atom stereocenters. The first-order valence-electron chi connectivity index (χ1n) is 7.33. The Kier molecular flexibility index (Phi) is 3.95. The standard InChI is InChI=1S/C15H18N2O6/c1-15(2)22-9-11(23-15)12-13(17(19)20)16(12)14(18)21-8-10-6-4-3-5-7-10/h3-7,11-13H,8-9H2,1-2H3/t11-,12+,13+,16?/m1/s1. The summed E-state index contributed by atoms with van der Waals surface area (Å²) in [4.78, 5) is 23.9. The Balaban J connectivity index is 1.61. The molecule has 2 fully saturated rings. The number of carbonyl (C=O) groups excluding carboxylic acids is 1. The van der Waals surface area contributed by atoms with Gasteiger partial charge >= 0.3 is 12.3 Å². The highest BCUT2D eigenvalue weighted by Gasteiger charge is 2.67. The fraction of sp³-hybridized carbons (Fsp3) is 0.533. The third-order valence-electron chi connectivity index (χ3n) is 3.87. The lowest BCUT2D eigenvalue weighted by atomic mass is 10.2. The van der Waals surface area contributed by atoms with E-state index in [1.807, 2.05) is 30.3 Å². The van der Waals surface area contributed by atoms with E-state index in [2.05, 4.69) is 0 Å². The van der Waals surface area contributed by atoms with Gasteiger partial charge in [0, 0.05) is 4.92 Å².